The van der Waals surface area contributed by atoms with Gasteiger partial charge in [-0.2, -0.15) is 0 Å². The molecule has 6 rings (SSSR count). The number of hydrogen-bond donors (Lipinski definition) is 3. The van der Waals surface area contributed by atoms with Crippen molar-refractivity contribution in [2.75, 3.05) is 5.43 Å². The van der Waals surface area contributed by atoms with Crippen molar-refractivity contribution >= 4 is 40.7 Å². The summed E-state index contributed by atoms with van der Waals surface area (Å²) in [7, 11) is 0. The Morgan fingerprint density at radius 3 is 2.65 bits per heavy atom. The third-order valence-corrected chi connectivity index (χ3v) is 8.17. The molecule has 1 saturated carbocycles. The molecule has 164 valence electrons. The molecule has 2 bridgehead atoms. The molecule has 2 aliphatic heterocycles. The minimum Gasteiger partial charge on any atom is -0.387 e. The number of carbonyl (C=O) groups is 2. The van der Waals surface area contributed by atoms with E-state index >= 15 is 0 Å². The summed E-state index contributed by atoms with van der Waals surface area (Å²) in [6.45, 7) is 4.56. The van der Waals surface area contributed by atoms with Crippen LogP contribution in [0.25, 0.3) is 0 Å². The number of imide groups is 1. The van der Waals surface area contributed by atoms with Crippen molar-refractivity contribution in [3.63, 3.8) is 0 Å². The van der Waals surface area contributed by atoms with Crippen LogP contribution in [-0.4, -0.2) is 40.1 Å². The Hall–Kier alpha value is -1.86. The van der Waals surface area contributed by atoms with Crippen LogP contribution in [0.3, 0.4) is 0 Å². The second-order valence-corrected chi connectivity index (χ2v) is 10.4. The van der Waals surface area contributed by atoms with E-state index in [2.05, 4.69) is 30.7 Å². The van der Waals surface area contributed by atoms with Gasteiger partial charge in [-0.25, -0.2) is 5.01 Å². The first-order valence-corrected chi connectivity index (χ1v) is 11.3. The fraction of sp³-hybridized carbons (Fsp3) is 0.478. The lowest BCUT2D eigenvalue weighted by Gasteiger charge is -2.56. The van der Waals surface area contributed by atoms with E-state index in [9.17, 15) is 14.7 Å². The second kappa shape index (κ2) is 7.34. The van der Waals surface area contributed by atoms with Crippen LogP contribution in [0, 0.1) is 23.2 Å². The summed E-state index contributed by atoms with van der Waals surface area (Å²) in [5.41, 5.74) is 5.01. The summed E-state index contributed by atoms with van der Waals surface area (Å²) in [5, 5.41) is 16.3. The average molecular weight is 462 g/mol. The fourth-order valence-electron chi connectivity index (χ4n) is 5.44. The third kappa shape index (κ3) is 3.32. The SMILES string of the molecule is CC1(C)C2C=C(C(O)C3C=CC4C(=O)NC(=O)C4N3Nc3ccc(Cl)cc3Cl)C[C@@H]1C2. The molecular formula is C23H25Cl2N3O3. The van der Waals surface area contributed by atoms with E-state index in [1.165, 1.54) is 0 Å². The quantitative estimate of drug-likeness (QED) is 0.471. The summed E-state index contributed by atoms with van der Waals surface area (Å²) in [6, 6.07) is 3.70. The van der Waals surface area contributed by atoms with Crippen molar-refractivity contribution in [1.82, 2.24) is 10.3 Å². The number of aliphatic hydroxyl groups excluding tert-OH is 1. The number of carbonyl (C=O) groups excluding carboxylic acids is 2. The van der Waals surface area contributed by atoms with Gasteiger partial charge in [0.25, 0.3) is 0 Å². The van der Waals surface area contributed by atoms with Gasteiger partial charge in [-0.3, -0.25) is 14.9 Å². The zero-order valence-corrected chi connectivity index (χ0v) is 18.8. The summed E-state index contributed by atoms with van der Waals surface area (Å²) >= 11 is 12.4. The lowest BCUT2D eigenvalue weighted by atomic mass is 9.49. The molecule has 6 nitrogen and oxygen atoms in total. The van der Waals surface area contributed by atoms with Gasteiger partial charge in [0.1, 0.15) is 6.04 Å². The van der Waals surface area contributed by atoms with Crippen molar-refractivity contribution in [1.29, 1.82) is 0 Å². The number of allylic oxidation sites excluding steroid dienone is 1. The first-order valence-electron chi connectivity index (χ1n) is 10.6. The normalized spacial score (nSPS) is 34.5. The maximum Gasteiger partial charge on any atom is 0.246 e. The minimum atomic E-state index is -0.805. The van der Waals surface area contributed by atoms with Crippen LogP contribution in [0.4, 0.5) is 5.69 Å². The van der Waals surface area contributed by atoms with E-state index in [4.69, 9.17) is 23.2 Å². The molecule has 8 heteroatoms. The molecule has 1 saturated heterocycles. The van der Waals surface area contributed by atoms with Gasteiger partial charge >= 0.3 is 0 Å². The largest absolute Gasteiger partial charge is 0.387 e. The van der Waals surface area contributed by atoms with Crippen LogP contribution in [0.5, 0.6) is 0 Å². The maximum atomic E-state index is 12.6. The lowest BCUT2D eigenvalue weighted by Crippen LogP contribution is -2.58. The van der Waals surface area contributed by atoms with Crippen LogP contribution in [-0.2, 0) is 9.59 Å². The number of fused-ring (bicyclic) bond motifs is 2. The number of aliphatic hydroxyl groups is 1. The lowest BCUT2D eigenvalue weighted by molar-refractivity contribution is -0.126. The van der Waals surface area contributed by atoms with Gasteiger partial charge in [0, 0.05) is 5.02 Å². The topological polar surface area (TPSA) is 81.7 Å². The molecule has 5 aliphatic rings. The number of nitrogens with one attached hydrogen (secondary N) is 2. The summed E-state index contributed by atoms with van der Waals surface area (Å²) < 4.78 is 0. The molecule has 2 amide bonds. The van der Waals surface area contributed by atoms with E-state index in [0.717, 1.165) is 18.4 Å². The van der Waals surface area contributed by atoms with Crippen LogP contribution < -0.4 is 10.7 Å². The van der Waals surface area contributed by atoms with Crippen LogP contribution in [0.2, 0.25) is 10.0 Å². The van der Waals surface area contributed by atoms with Crippen LogP contribution >= 0.6 is 23.2 Å². The van der Waals surface area contributed by atoms with Crippen molar-refractivity contribution in [3.8, 4) is 0 Å². The highest BCUT2D eigenvalue weighted by Crippen LogP contribution is 2.58. The Balaban J connectivity index is 1.49. The van der Waals surface area contributed by atoms with Crippen molar-refractivity contribution in [3.05, 3.63) is 52.0 Å². The molecule has 1 aromatic carbocycles. The Labute approximate surface area is 191 Å². The smallest absolute Gasteiger partial charge is 0.246 e. The molecule has 6 atom stereocenters. The summed E-state index contributed by atoms with van der Waals surface area (Å²) in [5.74, 6) is -0.346. The van der Waals surface area contributed by atoms with E-state index in [0.29, 0.717) is 27.6 Å². The molecule has 2 heterocycles. The van der Waals surface area contributed by atoms with Gasteiger partial charge in [0.05, 0.1) is 28.8 Å². The van der Waals surface area contributed by atoms with E-state index in [1.54, 1.807) is 29.3 Å². The molecule has 3 aliphatic carbocycles. The molecule has 1 aromatic rings. The molecule has 5 unspecified atom stereocenters. The fourth-order valence-corrected chi connectivity index (χ4v) is 5.90. The minimum absolute atomic E-state index is 0.267. The predicted molar refractivity (Wildman–Crippen MR) is 119 cm³/mol. The molecule has 2 fully saturated rings. The standard InChI is InChI=1S/C23H25Cl2N3O3/c1-23(2)12-7-11(8-13(23)9-12)20(29)18-6-4-15-19(22(31)26-21(15)30)28(18)27-17-5-3-14(24)10-16(17)25/h3-7,10,12-13,15,18-20,27,29H,8-9H2,1-2H3,(H,26,30,31)/t12?,13-,15?,18?,19?,20?/m1/s1. The van der Waals surface area contributed by atoms with Crippen molar-refractivity contribution in [2.24, 2.45) is 23.2 Å². The monoisotopic (exact) mass is 461 g/mol. The molecule has 0 radical (unpaired) electrons. The number of hydrazine groups is 1. The Bertz CT molecular complexity index is 1020. The van der Waals surface area contributed by atoms with Gasteiger partial charge in [-0.05, 0) is 53.9 Å². The van der Waals surface area contributed by atoms with Crippen molar-refractivity contribution < 1.29 is 14.7 Å². The molecule has 31 heavy (non-hydrogen) atoms. The van der Waals surface area contributed by atoms with Gasteiger partial charge in [-0.1, -0.05) is 55.3 Å². The van der Waals surface area contributed by atoms with Crippen LogP contribution in [0.1, 0.15) is 26.7 Å². The van der Waals surface area contributed by atoms with Crippen LogP contribution in [0.15, 0.2) is 42.0 Å². The number of benzene rings is 1. The van der Waals surface area contributed by atoms with E-state index in [-0.39, 0.29) is 11.3 Å². The summed E-state index contributed by atoms with van der Waals surface area (Å²) in [6.07, 6.45) is 6.94. The third-order valence-electron chi connectivity index (χ3n) is 7.62. The zero-order valence-electron chi connectivity index (χ0n) is 17.3. The molecule has 0 aromatic heterocycles. The molecule has 3 N–H and O–H groups in total. The molecular weight excluding hydrogens is 437 g/mol. The summed E-state index contributed by atoms with van der Waals surface area (Å²) in [4.78, 5) is 24.9. The van der Waals surface area contributed by atoms with Gasteiger partial charge in [-0.15, -0.1) is 0 Å². The van der Waals surface area contributed by atoms with Gasteiger partial charge in [0.15, 0.2) is 0 Å². The Morgan fingerprint density at radius 1 is 1.23 bits per heavy atom. The first kappa shape index (κ1) is 21.0. The number of nitrogens with zero attached hydrogens (tertiary/aromatic N) is 1. The van der Waals surface area contributed by atoms with E-state index < -0.39 is 30.0 Å². The first-order chi connectivity index (χ1) is 14.7. The average Bonchev–Trinajstić information content (AvgIpc) is 3.03. The van der Waals surface area contributed by atoms with E-state index in [1.807, 2.05) is 6.08 Å². The maximum absolute atomic E-state index is 12.6. The van der Waals surface area contributed by atoms with Gasteiger partial charge < -0.3 is 10.5 Å². The van der Waals surface area contributed by atoms with Crippen molar-refractivity contribution in [2.45, 2.75) is 44.9 Å². The number of anilines is 1. The number of rotatable bonds is 4. The Kier molecular flexibility index (Phi) is 4.97. The second-order valence-electron chi connectivity index (χ2n) is 9.59. The number of halogens is 2. The van der Waals surface area contributed by atoms with Gasteiger partial charge in [0.2, 0.25) is 11.8 Å². The Morgan fingerprint density at radius 2 is 2.00 bits per heavy atom. The number of hydrogen-bond acceptors (Lipinski definition) is 5. The highest BCUT2D eigenvalue weighted by molar-refractivity contribution is 6.36. The zero-order chi connectivity index (χ0) is 22.1. The highest BCUT2D eigenvalue weighted by Gasteiger charge is 2.53. The number of amides is 2. The highest BCUT2D eigenvalue weighted by atomic mass is 35.5. The predicted octanol–water partition coefficient (Wildman–Crippen LogP) is 3.56. The molecule has 0 spiro atoms.